The molecule has 2 aromatic carbocycles. The van der Waals surface area contributed by atoms with Gasteiger partial charge >= 0.3 is 0 Å². The van der Waals surface area contributed by atoms with Gasteiger partial charge < -0.3 is 20.1 Å². The van der Waals surface area contributed by atoms with Crippen LogP contribution < -0.4 is 15.4 Å². The number of rotatable bonds is 11. The summed E-state index contributed by atoms with van der Waals surface area (Å²) in [7, 11) is 0. The van der Waals surface area contributed by atoms with Crippen molar-refractivity contribution in [1.82, 2.24) is 15.6 Å². The summed E-state index contributed by atoms with van der Waals surface area (Å²) >= 11 is 1.40. The summed E-state index contributed by atoms with van der Waals surface area (Å²) in [6, 6.07) is 17.5. The minimum Gasteiger partial charge on any atom is -0.486 e. The van der Waals surface area contributed by atoms with E-state index < -0.39 is 0 Å². The number of carbonyl (C=O) groups is 2. The number of ether oxygens (including phenoxy) is 2. The summed E-state index contributed by atoms with van der Waals surface area (Å²) < 4.78 is 11.4. The largest absolute Gasteiger partial charge is 0.486 e. The Morgan fingerprint density at radius 1 is 0.973 bits per heavy atom. The van der Waals surface area contributed by atoms with E-state index in [0.717, 1.165) is 42.0 Å². The van der Waals surface area contributed by atoms with Gasteiger partial charge in [-0.05, 0) is 42.0 Å². The lowest BCUT2D eigenvalue weighted by Gasteiger charge is -2.32. The van der Waals surface area contributed by atoms with Crippen molar-refractivity contribution in [3.05, 3.63) is 81.8 Å². The van der Waals surface area contributed by atoms with Gasteiger partial charge in [0.1, 0.15) is 29.7 Å². The van der Waals surface area contributed by atoms with Crippen LogP contribution in [0.2, 0.25) is 0 Å². The number of nitrogens with zero attached hydrogens (tertiary/aromatic N) is 1. The molecule has 1 saturated carbocycles. The molecule has 4 rings (SSSR count). The van der Waals surface area contributed by atoms with Gasteiger partial charge in [0.15, 0.2) is 0 Å². The van der Waals surface area contributed by atoms with Crippen LogP contribution >= 0.6 is 11.3 Å². The third-order valence-corrected chi connectivity index (χ3v) is 7.29. The number of hydrogen-bond donors (Lipinski definition) is 2. The lowest BCUT2D eigenvalue weighted by molar-refractivity contribution is -0.127. The highest BCUT2D eigenvalue weighted by atomic mass is 32.1. The van der Waals surface area contributed by atoms with Gasteiger partial charge in [0.25, 0.3) is 5.91 Å². The Morgan fingerprint density at radius 2 is 1.68 bits per heavy atom. The Kier molecular flexibility index (Phi) is 9.68. The Bertz CT molecular complexity index is 1150. The molecular formula is C29H35N3O4S. The first-order valence-corrected chi connectivity index (χ1v) is 13.7. The first-order chi connectivity index (χ1) is 18.0. The third kappa shape index (κ3) is 8.13. The molecule has 37 heavy (non-hydrogen) atoms. The average Bonchev–Trinajstić information content (AvgIpc) is 3.39. The van der Waals surface area contributed by atoms with Gasteiger partial charge in [-0.3, -0.25) is 9.59 Å². The predicted octanol–water partition coefficient (Wildman–Crippen LogP) is 5.22. The lowest BCUT2D eigenvalue weighted by atomic mass is 9.90. The number of nitrogens with one attached hydrogen (secondary N) is 2. The Balaban J connectivity index is 1.24. The Morgan fingerprint density at radius 3 is 2.38 bits per heavy atom. The van der Waals surface area contributed by atoms with E-state index in [9.17, 15) is 9.59 Å². The van der Waals surface area contributed by atoms with Crippen molar-refractivity contribution in [2.75, 3.05) is 6.61 Å². The summed E-state index contributed by atoms with van der Waals surface area (Å²) in [5.74, 6) is 0.852. The van der Waals surface area contributed by atoms with Crippen LogP contribution in [-0.4, -0.2) is 35.5 Å². The monoisotopic (exact) mass is 521 g/mol. The topological polar surface area (TPSA) is 89.5 Å². The molecule has 8 heteroatoms. The second-order valence-electron chi connectivity index (χ2n) is 9.66. The van der Waals surface area contributed by atoms with Gasteiger partial charge in [-0.15, -0.1) is 11.3 Å². The van der Waals surface area contributed by atoms with E-state index in [1.807, 2.05) is 42.5 Å². The zero-order chi connectivity index (χ0) is 26.0. The minimum atomic E-state index is -0.227. The third-order valence-electron chi connectivity index (χ3n) is 6.47. The van der Waals surface area contributed by atoms with Crippen molar-refractivity contribution in [3.63, 3.8) is 0 Å². The maximum Gasteiger partial charge on any atom is 0.271 e. The average molecular weight is 522 g/mol. The standard InChI is InChI=1S/C29H35N3O4S/c1-20(2)22-12-14-23(15-13-22)36-18-28-31-26(19-37-28)29(34)32-25-11-7-6-10-24(25)30-27(33)17-35-16-21-8-4-3-5-9-21/h3-5,8-9,12-15,19-20,24-25H,6-7,10-11,16-18H2,1-2H3,(H,30,33)(H,32,34). The molecule has 7 nitrogen and oxygen atoms in total. The number of aromatic nitrogens is 1. The van der Waals surface area contributed by atoms with Gasteiger partial charge in [0.2, 0.25) is 5.91 Å². The zero-order valence-electron chi connectivity index (χ0n) is 21.4. The number of benzene rings is 2. The molecule has 0 bridgehead atoms. The van der Waals surface area contributed by atoms with E-state index in [0.29, 0.717) is 24.8 Å². The van der Waals surface area contributed by atoms with E-state index in [-0.39, 0.29) is 30.5 Å². The van der Waals surface area contributed by atoms with Crippen molar-refractivity contribution in [3.8, 4) is 5.75 Å². The fourth-order valence-corrected chi connectivity index (χ4v) is 5.06. The van der Waals surface area contributed by atoms with Crippen LogP contribution in [0.3, 0.4) is 0 Å². The molecular weight excluding hydrogens is 486 g/mol. The van der Waals surface area contributed by atoms with Crippen LogP contribution in [0.15, 0.2) is 60.0 Å². The van der Waals surface area contributed by atoms with Gasteiger partial charge in [0, 0.05) is 17.5 Å². The van der Waals surface area contributed by atoms with Crippen molar-refractivity contribution in [1.29, 1.82) is 0 Å². The molecule has 2 N–H and O–H groups in total. The molecule has 0 saturated heterocycles. The van der Waals surface area contributed by atoms with Gasteiger partial charge in [-0.1, -0.05) is 69.2 Å². The van der Waals surface area contributed by atoms with Crippen LogP contribution in [0.5, 0.6) is 5.75 Å². The first-order valence-electron chi connectivity index (χ1n) is 12.9. The highest BCUT2D eigenvalue weighted by Crippen LogP contribution is 2.22. The van der Waals surface area contributed by atoms with Crippen molar-refractivity contribution in [2.45, 2.75) is 70.7 Å². The van der Waals surface area contributed by atoms with Gasteiger partial charge in [-0.2, -0.15) is 0 Å². The van der Waals surface area contributed by atoms with Crippen molar-refractivity contribution in [2.24, 2.45) is 0 Å². The number of thiazole rings is 1. The highest BCUT2D eigenvalue weighted by Gasteiger charge is 2.28. The van der Waals surface area contributed by atoms with Crippen LogP contribution in [-0.2, 0) is 22.7 Å². The SMILES string of the molecule is CC(C)c1ccc(OCc2nc(C(=O)NC3CCCCC3NC(=O)COCc3ccccc3)cs2)cc1. The molecule has 2 atom stereocenters. The summed E-state index contributed by atoms with van der Waals surface area (Å²) in [5, 5.41) is 8.63. The molecule has 0 aliphatic heterocycles. The molecule has 0 spiro atoms. The molecule has 2 unspecified atom stereocenters. The van der Waals surface area contributed by atoms with Gasteiger partial charge in [0.05, 0.1) is 6.61 Å². The summed E-state index contributed by atoms with van der Waals surface area (Å²) in [5.41, 5.74) is 2.66. The van der Waals surface area contributed by atoms with Gasteiger partial charge in [-0.25, -0.2) is 4.98 Å². The summed E-state index contributed by atoms with van der Waals surface area (Å²) in [4.78, 5) is 29.9. The lowest BCUT2D eigenvalue weighted by Crippen LogP contribution is -2.53. The molecule has 2 amide bonds. The molecule has 0 radical (unpaired) electrons. The van der Waals surface area contributed by atoms with Crippen molar-refractivity contribution >= 4 is 23.2 Å². The second kappa shape index (κ2) is 13.4. The molecule has 1 aliphatic carbocycles. The van der Waals surface area contributed by atoms with E-state index >= 15 is 0 Å². The molecule has 1 aromatic heterocycles. The normalized spacial score (nSPS) is 17.4. The molecule has 1 aliphatic rings. The second-order valence-corrected chi connectivity index (χ2v) is 10.6. The van der Waals surface area contributed by atoms with E-state index in [4.69, 9.17) is 9.47 Å². The summed E-state index contributed by atoms with van der Waals surface area (Å²) in [6.07, 6.45) is 3.65. The zero-order valence-corrected chi connectivity index (χ0v) is 22.3. The molecule has 1 fully saturated rings. The maximum absolute atomic E-state index is 12.9. The molecule has 3 aromatic rings. The Labute approximate surface area is 222 Å². The van der Waals surface area contributed by atoms with Crippen LogP contribution in [0.1, 0.15) is 72.1 Å². The summed E-state index contributed by atoms with van der Waals surface area (Å²) in [6.45, 7) is 5.00. The first kappa shape index (κ1) is 26.8. The van der Waals surface area contributed by atoms with E-state index in [1.165, 1.54) is 16.9 Å². The predicted molar refractivity (Wildman–Crippen MR) is 145 cm³/mol. The highest BCUT2D eigenvalue weighted by molar-refractivity contribution is 7.09. The fraction of sp³-hybridized carbons (Fsp3) is 0.414. The van der Waals surface area contributed by atoms with E-state index in [1.54, 1.807) is 5.38 Å². The number of carbonyl (C=O) groups excluding carboxylic acids is 2. The van der Waals surface area contributed by atoms with E-state index in [2.05, 4.69) is 41.6 Å². The van der Waals surface area contributed by atoms with Crippen LogP contribution in [0.25, 0.3) is 0 Å². The Hall–Kier alpha value is -3.23. The molecule has 196 valence electrons. The quantitative estimate of drug-likeness (QED) is 0.361. The smallest absolute Gasteiger partial charge is 0.271 e. The minimum absolute atomic E-state index is 0.0122. The van der Waals surface area contributed by atoms with Crippen molar-refractivity contribution < 1.29 is 19.1 Å². The van der Waals surface area contributed by atoms with Crippen LogP contribution in [0.4, 0.5) is 0 Å². The maximum atomic E-state index is 12.9. The number of hydrogen-bond acceptors (Lipinski definition) is 6. The number of amides is 2. The molecule has 1 heterocycles. The van der Waals surface area contributed by atoms with Crippen LogP contribution in [0, 0.1) is 0 Å². The fourth-order valence-electron chi connectivity index (χ4n) is 4.38.